The van der Waals surface area contributed by atoms with E-state index in [0.29, 0.717) is 0 Å². The number of anilines is 2. The van der Waals surface area contributed by atoms with E-state index in [0.717, 1.165) is 0 Å². The predicted molar refractivity (Wildman–Crippen MR) is 239 cm³/mol. The fourth-order valence-corrected chi connectivity index (χ4v) is 9.31. The quantitative estimate of drug-likeness (QED) is 0.172. The summed E-state index contributed by atoms with van der Waals surface area (Å²) in [6.07, 6.45) is 0. The van der Waals surface area contributed by atoms with Crippen LogP contribution in [0.1, 0.15) is 57.4 Å². The number of hydrogen-bond donors (Lipinski definition) is 0. The van der Waals surface area contributed by atoms with E-state index < -0.39 is 0 Å². The van der Waals surface area contributed by atoms with E-state index in [1.165, 1.54) is 88.6 Å². The Hall–Kier alpha value is -6.38. The molecule has 0 radical (unpaired) electrons. The topological polar surface area (TPSA) is 8.17 Å². The Morgan fingerprint density at radius 3 is 1.77 bits per heavy atom. The van der Waals surface area contributed by atoms with Crippen LogP contribution in [-0.2, 0) is 10.8 Å². The molecule has 0 saturated heterocycles. The molecule has 0 N–H and O–H groups in total. The van der Waals surface area contributed by atoms with Gasteiger partial charge >= 0.3 is 0 Å². The van der Waals surface area contributed by atoms with Gasteiger partial charge in [-0.25, -0.2) is 0 Å². The van der Waals surface area contributed by atoms with Crippen molar-refractivity contribution in [3.63, 3.8) is 0 Å². The molecule has 56 heavy (non-hydrogen) atoms. The van der Waals surface area contributed by atoms with Gasteiger partial charge in [-0.1, -0.05) is 174 Å². The van der Waals surface area contributed by atoms with Gasteiger partial charge in [-0.05, 0) is 92.2 Å². The number of para-hydroxylation sites is 1. The van der Waals surface area contributed by atoms with Crippen molar-refractivity contribution in [3.05, 3.63) is 199 Å². The molecule has 9 aromatic rings. The molecule has 2 nitrogen and oxygen atoms in total. The number of benzene rings is 8. The van der Waals surface area contributed by atoms with E-state index in [1.807, 2.05) is 0 Å². The van der Waals surface area contributed by atoms with Crippen LogP contribution >= 0.6 is 0 Å². The maximum atomic E-state index is 2.55. The van der Waals surface area contributed by atoms with Gasteiger partial charge in [0.2, 0.25) is 0 Å². The van der Waals surface area contributed by atoms with Gasteiger partial charge in [-0.2, -0.15) is 0 Å². The SMILES string of the molecule is CC(C)(C)c1ccc2c(c1)c1ccc3ccccc3c1n2-c1ccc(-c2ccc(N3c4ccccc4C(C)(C)C3c3ccc(-c4ccccc4)cc3)cc2)cc1. The zero-order valence-corrected chi connectivity index (χ0v) is 32.8. The van der Waals surface area contributed by atoms with Gasteiger partial charge < -0.3 is 9.47 Å². The zero-order valence-electron chi connectivity index (χ0n) is 32.8. The largest absolute Gasteiger partial charge is 0.333 e. The van der Waals surface area contributed by atoms with Gasteiger partial charge in [-0.3, -0.25) is 0 Å². The summed E-state index contributed by atoms with van der Waals surface area (Å²) < 4.78 is 2.46. The monoisotopic (exact) mass is 722 g/mol. The molecule has 0 bridgehead atoms. The number of nitrogens with zero attached hydrogens (tertiary/aromatic N) is 2. The van der Waals surface area contributed by atoms with Crippen molar-refractivity contribution < 1.29 is 0 Å². The van der Waals surface area contributed by atoms with Crippen molar-refractivity contribution in [2.75, 3.05) is 4.90 Å². The molecule has 1 unspecified atom stereocenters. The van der Waals surface area contributed by atoms with E-state index in [4.69, 9.17) is 0 Å². The normalized spacial score (nSPS) is 15.2. The van der Waals surface area contributed by atoms with Gasteiger partial charge in [0.1, 0.15) is 0 Å². The Labute approximate surface area is 330 Å². The van der Waals surface area contributed by atoms with Crippen molar-refractivity contribution >= 4 is 44.0 Å². The predicted octanol–water partition coefficient (Wildman–Crippen LogP) is 14.7. The third-order valence-corrected chi connectivity index (χ3v) is 12.3. The molecule has 10 rings (SSSR count). The van der Waals surface area contributed by atoms with Crippen molar-refractivity contribution in [3.8, 4) is 27.9 Å². The number of rotatable bonds is 5. The summed E-state index contributed by atoms with van der Waals surface area (Å²) in [5.41, 5.74) is 15.1. The molecule has 1 aromatic heterocycles. The number of fused-ring (bicyclic) bond motifs is 6. The molecule has 0 spiro atoms. The molecule has 272 valence electrons. The molecule has 8 aromatic carbocycles. The first-order valence-corrected chi connectivity index (χ1v) is 19.9. The Morgan fingerprint density at radius 2 is 1.07 bits per heavy atom. The van der Waals surface area contributed by atoms with Crippen molar-refractivity contribution in [2.24, 2.45) is 0 Å². The maximum Gasteiger partial charge on any atom is 0.0683 e. The average Bonchev–Trinajstić information content (AvgIpc) is 3.69. The van der Waals surface area contributed by atoms with Crippen LogP contribution in [-0.4, -0.2) is 4.57 Å². The number of hydrogen-bond acceptors (Lipinski definition) is 1. The molecule has 0 amide bonds. The summed E-state index contributed by atoms with van der Waals surface area (Å²) in [4.78, 5) is 2.55. The summed E-state index contributed by atoms with van der Waals surface area (Å²) >= 11 is 0. The second-order valence-corrected chi connectivity index (χ2v) is 17.1. The minimum Gasteiger partial charge on any atom is -0.333 e. The molecule has 1 aliphatic heterocycles. The number of aromatic nitrogens is 1. The van der Waals surface area contributed by atoms with Gasteiger partial charge in [-0.15, -0.1) is 0 Å². The van der Waals surface area contributed by atoms with Crippen LogP contribution in [0, 0.1) is 0 Å². The van der Waals surface area contributed by atoms with Crippen molar-refractivity contribution in [1.29, 1.82) is 0 Å². The molecule has 2 heteroatoms. The highest BCUT2D eigenvalue weighted by molar-refractivity contribution is 6.18. The van der Waals surface area contributed by atoms with E-state index in [1.54, 1.807) is 0 Å². The Kier molecular flexibility index (Phi) is 7.83. The second-order valence-electron chi connectivity index (χ2n) is 17.1. The molecule has 2 heterocycles. The van der Waals surface area contributed by atoms with Gasteiger partial charge in [0.15, 0.2) is 0 Å². The summed E-state index contributed by atoms with van der Waals surface area (Å²) in [5.74, 6) is 0. The van der Waals surface area contributed by atoms with Gasteiger partial charge in [0, 0.05) is 38.6 Å². The Bertz CT molecular complexity index is 2890. The van der Waals surface area contributed by atoms with Crippen LogP contribution in [0.4, 0.5) is 11.4 Å². The smallest absolute Gasteiger partial charge is 0.0683 e. The van der Waals surface area contributed by atoms with Gasteiger partial charge in [0.25, 0.3) is 0 Å². The molecule has 0 fully saturated rings. The standard InChI is InChI=1S/C54H46N2/c1-53(2,3)42-28-34-49-47(35-42)46-33-27-40-15-9-10-16-45(40)51(46)55(49)43-29-23-38(24-30-43)39-25-31-44(32-26-39)56-50-18-12-11-17-48(50)54(4,5)52(56)41-21-19-37(20-22-41)36-13-7-6-8-14-36/h6-35,52H,1-5H3. The second kappa shape index (κ2) is 12.9. The fourth-order valence-electron chi connectivity index (χ4n) is 9.31. The van der Waals surface area contributed by atoms with Crippen LogP contribution in [0.3, 0.4) is 0 Å². The van der Waals surface area contributed by atoms with E-state index in [9.17, 15) is 0 Å². The third-order valence-electron chi connectivity index (χ3n) is 12.3. The third kappa shape index (κ3) is 5.46. The Balaban J connectivity index is 1.02. The molecule has 1 aliphatic rings. The van der Waals surface area contributed by atoms with Crippen LogP contribution in [0.25, 0.3) is 60.5 Å². The first-order chi connectivity index (χ1) is 27.2. The first-order valence-electron chi connectivity index (χ1n) is 19.9. The zero-order chi connectivity index (χ0) is 38.2. The van der Waals surface area contributed by atoms with Crippen LogP contribution < -0.4 is 4.90 Å². The molecule has 0 saturated carbocycles. The fraction of sp³-hybridized carbons (Fsp3) is 0.148. The highest BCUT2D eigenvalue weighted by Crippen LogP contribution is 2.56. The lowest BCUT2D eigenvalue weighted by Crippen LogP contribution is -2.30. The lowest BCUT2D eigenvalue weighted by Gasteiger charge is -2.35. The Morgan fingerprint density at radius 1 is 0.482 bits per heavy atom. The molecule has 1 atom stereocenters. The lowest BCUT2D eigenvalue weighted by molar-refractivity contribution is 0.449. The molecular weight excluding hydrogens is 677 g/mol. The van der Waals surface area contributed by atoms with Crippen LogP contribution in [0.2, 0.25) is 0 Å². The molecular formula is C54H46N2. The van der Waals surface area contributed by atoms with Gasteiger partial charge in [0.05, 0.1) is 17.1 Å². The summed E-state index contributed by atoms with van der Waals surface area (Å²) in [6, 6.07) is 67.6. The lowest BCUT2D eigenvalue weighted by atomic mass is 9.77. The first kappa shape index (κ1) is 34.1. The van der Waals surface area contributed by atoms with Crippen LogP contribution in [0.5, 0.6) is 0 Å². The average molecular weight is 723 g/mol. The van der Waals surface area contributed by atoms with E-state index in [2.05, 4.69) is 226 Å². The summed E-state index contributed by atoms with van der Waals surface area (Å²) in [6.45, 7) is 11.7. The summed E-state index contributed by atoms with van der Waals surface area (Å²) in [5, 5.41) is 5.12. The summed E-state index contributed by atoms with van der Waals surface area (Å²) in [7, 11) is 0. The minimum atomic E-state index is -0.0915. The van der Waals surface area contributed by atoms with E-state index >= 15 is 0 Å². The van der Waals surface area contributed by atoms with Crippen LogP contribution in [0.15, 0.2) is 182 Å². The minimum absolute atomic E-state index is 0.0695. The van der Waals surface area contributed by atoms with Crippen molar-refractivity contribution in [1.82, 2.24) is 4.57 Å². The highest BCUT2D eigenvalue weighted by Gasteiger charge is 2.45. The van der Waals surface area contributed by atoms with E-state index in [-0.39, 0.29) is 16.9 Å². The highest BCUT2D eigenvalue weighted by atomic mass is 15.2. The maximum absolute atomic E-state index is 2.55. The van der Waals surface area contributed by atoms with Crippen molar-refractivity contribution in [2.45, 2.75) is 51.5 Å². The molecule has 0 aliphatic carbocycles.